The zero-order valence-corrected chi connectivity index (χ0v) is 8.78. The van der Waals surface area contributed by atoms with E-state index in [0.717, 1.165) is 0 Å². The van der Waals surface area contributed by atoms with E-state index < -0.39 is 11.7 Å². The van der Waals surface area contributed by atoms with Crippen molar-refractivity contribution in [1.29, 1.82) is 0 Å². The first kappa shape index (κ1) is 10.1. The molecule has 0 saturated heterocycles. The largest absolute Gasteiger partial charge is 0.335 e. The quantitative estimate of drug-likeness (QED) is 0.675. The Morgan fingerprint density at radius 3 is 2.00 bits per heavy atom. The maximum atomic E-state index is 13.9. The van der Waals surface area contributed by atoms with Crippen LogP contribution in [0, 0.1) is 0 Å². The lowest BCUT2D eigenvalue weighted by Crippen LogP contribution is -2.30. The molecule has 0 atom stereocenters. The number of rotatable bonds is 0. The number of benzene rings is 2. The molecule has 0 aliphatic heterocycles. The fraction of sp³-hybridized carbons (Fsp3) is 0.0714. The molecule has 0 unspecified atom stereocenters. The summed E-state index contributed by atoms with van der Waals surface area (Å²) >= 11 is 0. The SMILES string of the molecule is O=C1c2ccccc2-c2ccccc2C1(F)F. The van der Waals surface area contributed by atoms with Crippen molar-refractivity contribution in [3.8, 4) is 11.1 Å². The van der Waals surface area contributed by atoms with Gasteiger partial charge in [0.05, 0.1) is 0 Å². The molecule has 0 bridgehead atoms. The Morgan fingerprint density at radius 1 is 0.765 bits per heavy atom. The third-order valence-electron chi connectivity index (χ3n) is 3.01. The Kier molecular flexibility index (Phi) is 1.93. The van der Waals surface area contributed by atoms with Crippen LogP contribution in [0.3, 0.4) is 0 Å². The topological polar surface area (TPSA) is 17.1 Å². The summed E-state index contributed by atoms with van der Waals surface area (Å²) in [7, 11) is 0. The number of alkyl halides is 2. The smallest absolute Gasteiger partial charge is 0.287 e. The summed E-state index contributed by atoms with van der Waals surface area (Å²) in [6.07, 6.45) is 0. The highest BCUT2D eigenvalue weighted by molar-refractivity contribution is 6.10. The van der Waals surface area contributed by atoms with Gasteiger partial charge in [-0.05, 0) is 11.1 Å². The third-order valence-corrected chi connectivity index (χ3v) is 3.01. The fourth-order valence-corrected chi connectivity index (χ4v) is 2.20. The van der Waals surface area contributed by atoms with Gasteiger partial charge in [0.25, 0.3) is 0 Å². The van der Waals surface area contributed by atoms with E-state index in [2.05, 4.69) is 0 Å². The summed E-state index contributed by atoms with van der Waals surface area (Å²) < 4.78 is 27.8. The van der Waals surface area contributed by atoms with E-state index >= 15 is 0 Å². The van der Waals surface area contributed by atoms with Crippen LogP contribution in [-0.4, -0.2) is 5.78 Å². The molecular weight excluding hydrogens is 222 g/mol. The minimum Gasteiger partial charge on any atom is -0.287 e. The Labute approximate surface area is 96.7 Å². The summed E-state index contributed by atoms with van der Waals surface area (Å²) in [6, 6.07) is 12.6. The van der Waals surface area contributed by atoms with Gasteiger partial charge in [-0.3, -0.25) is 4.79 Å². The molecule has 17 heavy (non-hydrogen) atoms. The fourth-order valence-electron chi connectivity index (χ4n) is 2.20. The number of hydrogen-bond donors (Lipinski definition) is 0. The minimum atomic E-state index is -3.43. The van der Waals surface area contributed by atoms with Gasteiger partial charge in [-0.2, -0.15) is 8.78 Å². The molecule has 1 nitrogen and oxygen atoms in total. The van der Waals surface area contributed by atoms with Crippen molar-refractivity contribution in [2.75, 3.05) is 0 Å². The molecule has 1 aliphatic carbocycles. The van der Waals surface area contributed by atoms with Crippen LogP contribution in [0.4, 0.5) is 8.78 Å². The Morgan fingerprint density at radius 2 is 1.29 bits per heavy atom. The number of hydrogen-bond acceptors (Lipinski definition) is 1. The maximum absolute atomic E-state index is 13.9. The van der Waals surface area contributed by atoms with Crippen molar-refractivity contribution < 1.29 is 13.6 Å². The molecule has 0 amide bonds. The monoisotopic (exact) mass is 230 g/mol. The van der Waals surface area contributed by atoms with Gasteiger partial charge in [-0.15, -0.1) is 0 Å². The lowest BCUT2D eigenvalue weighted by Gasteiger charge is -2.25. The van der Waals surface area contributed by atoms with E-state index in [0.29, 0.717) is 11.1 Å². The highest BCUT2D eigenvalue weighted by Gasteiger charge is 2.47. The zero-order chi connectivity index (χ0) is 12.0. The Hall–Kier alpha value is -2.03. The highest BCUT2D eigenvalue weighted by atomic mass is 19.3. The molecule has 0 saturated carbocycles. The summed E-state index contributed by atoms with van der Waals surface area (Å²) in [5.74, 6) is -4.54. The van der Waals surface area contributed by atoms with Crippen molar-refractivity contribution in [3.05, 3.63) is 59.7 Å². The van der Waals surface area contributed by atoms with Crippen LogP contribution in [0.25, 0.3) is 11.1 Å². The summed E-state index contributed by atoms with van der Waals surface area (Å²) in [5, 5.41) is 0. The van der Waals surface area contributed by atoms with E-state index in [9.17, 15) is 13.6 Å². The van der Waals surface area contributed by atoms with Gasteiger partial charge in [-0.25, -0.2) is 0 Å². The van der Waals surface area contributed by atoms with Crippen LogP contribution in [0.2, 0.25) is 0 Å². The summed E-state index contributed by atoms with van der Waals surface area (Å²) in [4.78, 5) is 11.8. The lowest BCUT2D eigenvalue weighted by atomic mass is 9.82. The van der Waals surface area contributed by atoms with Gasteiger partial charge in [0.1, 0.15) is 0 Å². The van der Waals surface area contributed by atoms with Crippen LogP contribution in [-0.2, 0) is 5.92 Å². The van der Waals surface area contributed by atoms with Gasteiger partial charge in [0, 0.05) is 11.1 Å². The average molecular weight is 230 g/mol. The second-order valence-corrected chi connectivity index (χ2v) is 3.99. The van der Waals surface area contributed by atoms with E-state index in [-0.39, 0.29) is 11.1 Å². The first-order valence-electron chi connectivity index (χ1n) is 5.24. The summed E-state index contributed by atoms with van der Waals surface area (Å²) in [6.45, 7) is 0. The van der Waals surface area contributed by atoms with E-state index in [1.807, 2.05) is 0 Å². The van der Waals surface area contributed by atoms with Crippen LogP contribution in [0.1, 0.15) is 15.9 Å². The number of fused-ring (bicyclic) bond motifs is 3. The zero-order valence-electron chi connectivity index (χ0n) is 8.78. The second kappa shape index (κ2) is 3.23. The molecule has 2 aromatic rings. The normalized spacial score (nSPS) is 16.2. The van der Waals surface area contributed by atoms with Crippen molar-refractivity contribution >= 4 is 5.78 Å². The summed E-state index contributed by atoms with van der Waals surface area (Å²) in [5.41, 5.74) is 0.909. The molecular formula is C14H8F2O. The molecule has 84 valence electrons. The van der Waals surface area contributed by atoms with E-state index in [1.54, 1.807) is 30.3 Å². The van der Waals surface area contributed by atoms with Gasteiger partial charge >= 0.3 is 5.92 Å². The lowest BCUT2D eigenvalue weighted by molar-refractivity contribution is 0.00689. The van der Waals surface area contributed by atoms with Gasteiger partial charge in [0.2, 0.25) is 5.78 Å². The number of carbonyl (C=O) groups is 1. The average Bonchev–Trinajstić information content (AvgIpc) is 2.37. The minimum absolute atomic E-state index is 0.0937. The maximum Gasteiger partial charge on any atom is 0.335 e. The van der Waals surface area contributed by atoms with Crippen LogP contribution in [0.5, 0.6) is 0 Å². The molecule has 0 N–H and O–H groups in total. The highest BCUT2D eigenvalue weighted by Crippen LogP contribution is 2.44. The second-order valence-electron chi connectivity index (χ2n) is 3.99. The molecule has 3 heteroatoms. The van der Waals surface area contributed by atoms with Crippen LogP contribution in [0.15, 0.2) is 48.5 Å². The number of halogens is 2. The predicted octanol–water partition coefficient (Wildman–Crippen LogP) is 3.64. The number of Topliss-reactive ketones (excluding diaryl/α,β-unsaturated/α-hetero) is 1. The molecule has 2 aromatic carbocycles. The first-order chi connectivity index (χ1) is 8.12. The van der Waals surface area contributed by atoms with Crippen molar-refractivity contribution in [2.45, 2.75) is 5.92 Å². The molecule has 3 rings (SSSR count). The Bertz CT molecular complexity index is 617. The number of carbonyl (C=O) groups excluding carboxylic acids is 1. The standard InChI is InChI=1S/C14H8F2O/c15-14(16)12-8-4-3-6-10(12)9-5-1-2-7-11(9)13(14)17/h1-8H. The van der Waals surface area contributed by atoms with Gasteiger partial charge in [-0.1, -0.05) is 48.5 Å². The van der Waals surface area contributed by atoms with Crippen molar-refractivity contribution in [3.63, 3.8) is 0 Å². The first-order valence-corrected chi connectivity index (χ1v) is 5.24. The Balaban J connectivity index is 2.42. The van der Waals surface area contributed by atoms with Crippen molar-refractivity contribution in [1.82, 2.24) is 0 Å². The third kappa shape index (κ3) is 1.25. The van der Waals surface area contributed by atoms with E-state index in [4.69, 9.17) is 0 Å². The van der Waals surface area contributed by atoms with Gasteiger partial charge < -0.3 is 0 Å². The van der Waals surface area contributed by atoms with Crippen molar-refractivity contribution in [2.24, 2.45) is 0 Å². The van der Waals surface area contributed by atoms with E-state index in [1.165, 1.54) is 18.2 Å². The number of ketones is 1. The predicted molar refractivity (Wildman–Crippen MR) is 60.1 cm³/mol. The molecule has 0 heterocycles. The molecule has 0 radical (unpaired) electrons. The molecule has 0 aromatic heterocycles. The van der Waals surface area contributed by atoms with Gasteiger partial charge in [0.15, 0.2) is 0 Å². The molecule has 0 spiro atoms. The molecule has 0 fully saturated rings. The molecule has 1 aliphatic rings. The van der Waals surface area contributed by atoms with Crippen LogP contribution >= 0.6 is 0 Å². The van der Waals surface area contributed by atoms with Crippen LogP contribution < -0.4 is 0 Å².